The molecule has 0 saturated carbocycles. The Morgan fingerprint density at radius 1 is 1.22 bits per heavy atom. The van der Waals surface area contributed by atoms with Gasteiger partial charge in [0.15, 0.2) is 0 Å². The lowest BCUT2D eigenvalue weighted by atomic mass is 9.88. The summed E-state index contributed by atoms with van der Waals surface area (Å²) in [5.74, 6) is -0.807. The Hall–Kier alpha value is -2.43. The first kappa shape index (κ1) is 24.2. The molecule has 2 aromatic rings. The molecule has 1 aliphatic heterocycles. The van der Waals surface area contributed by atoms with Gasteiger partial charge in [-0.25, -0.2) is 0 Å². The second-order valence-electron chi connectivity index (χ2n) is 8.60. The third kappa shape index (κ3) is 5.31. The third-order valence-corrected chi connectivity index (χ3v) is 5.85. The summed E-state index contributed by atoms with van der Waals surface area (Å²) < 4.78 is 18.1. The summed E-state index contributed by atoms with van der Waals surface area (Å²) in [6.45, 7) is 5.71. The van der Waals surface area contributed by atoms with E-state index in [4.69, 9.17) is 14.2 Å². The molecule has 0 aliphatic carbocycles. The first-order chi connectivity index (χ1) is 15.3. The van der Waals surface area contributed by atoms with Crippen molar-refractivity contribution in [3.05, 3.63) is 64.2 Å². The molecule has 0 radical (unpaired) electrons. The summed E-state index contributed by atoms with van der Waals surface area (Å²) >= 11 is 0. The fourth-order valence-electron chi connectivity index (χ4n) is 4.23. The number of hydrogen-bond donors (Lipinski definition) is 2. The molecule has 172 valence electrons. The number of methoxy groups -OCH3 is 1. The molecule has 0 aromatic heterocycles. The van der Waals surface area contributed by atoms with Gasteiger partial charge in [-0.2, -0.15) is 5.26 Å². The van der Waals surface area contributed by atoms with E-state index in [1.54, 1.807) is 6.07 Å². The molecule has 0 bridgehead atoms. The van der Waals surface area contributed by atoms with Gasteiger partial charge in [0.1, 0.15) is 5.75 Å². The van der Waals surface area contributed by atoms with Crippen molar-refractivity contribution in [3.63, 3.8) is 0 Å². The van der Waals surface area contributed by atoms with E-state index in [0.29, 0.717) is 29.7 Å². The van der Waals surface area contributed by atoms with Crippen molar-refractivity contribution in [1.29, 1.82) is 5.26 Å². The standard InChI is InChI=1S/C26H33NO5/c1-5-18-6-8-19(9-7-18)10-20-11-24(25(31-17(2)3)12-21(20)15-27)26(30-4)14-22(29)13-23(16-28)32-26/h6-9,11-12,17,22-23,28-29H,5,10,13-14,16H2,1-4H3. The van der Waals surface area contributed by atoms with Crippen LogP contribution in [0.3, 0.4) is 0 Å². The minimum absolute atomic E-state index is 0.135. The summed E-state index contributed by atoms with van der Waals surface area (Å²) in [4.78, 5) is 0. The number of hydrogen-bond acceptors (Lipinski definition) is 6. The van der Waals surface area contributed by atoms with Crippen LogP contribution in [-0.2, 0) is 28.1 Å². The summed E-state index contributed by atoms with van der Waals surface area (Å²) in [7, 11) is 1.52. The van der Waals surface area contributed by atoms with Crippen molar-refractivity contribution in [3.8, 4) is 11.8 Å². The average Bonchev–Trinajstić information content (AvgIpc) is 2.79. The van der Waals surface area contributed by atoms with Gasteiger partial charge in [0, 0.05) is 20.0 Å². The minimum Gasteiger partial charge on any atom is -0.490 e. The number of benzene rings is 2. The van der Waals surface area contributed by atoms with E-state index in [1.165, 1.54) is 12.7 Å². The van der Waals surface area contributed by atoms with Crippen molar-refractivity contribution in [1.82, 2.24) is 0 Å². The van der Waals surface area contributed by atoms with E-state index in [-0.39, 0.29) is 19.1 Å². The lowest BCUT2D eigenvalue weighted by Gasteiger charge is -2.42. The Bertz CT molecular complexity index is 950. The molecule has 3 rings (SSSR count). The Morgan fingerprint density at radius 2 is 1.91 bits per heavy atom. The second kappa shape index (κ2) is 10.5. The number of nitriles is 1. The van der Waals surface area contributed by atoms with Gasteiger partial charge in [0.25, 0.3) is 0 Å². The van der Waals surface area contributed by atoms with Gasteiger partial charge in [-0.1, -0.05) is 31.2 Å². The van der Waals surface area contributed by atoms with Gasteiger partial charge in [-0.3, -0.25) is 0 Å². The Kier molecular flexibility index (Phi) is 7.91. The Balaban J connectivity index is 2.11. The zero-order valence-electron chi connectivity index (χ0n) is 19.3. The predicted octanol–water partition coefficient (Wildman–Crippen LogP) is 3.83. The third-order valence-electron chi connectivity index (χ3n) is 5.85. The van der Waals surface area contributed by atoms with Crippen LogP contribution in [-0.4, -0.2) is 42.2 Å². The molecule has 1 fully saturated rings. The van der Waals surface area contributed by atoms with Crippen molar-refractivity contribution < 1.29 is 24.4 Å². The molecule has 0 spiro atoms. The SMILES string of the molecule is CCc1ccc(Cc2cc(C3(OC)CC(O)CC(CO)O3)c(OC(C)C)cc2C#N)cc1. The van der Waals surface area contributed by atoms with E-state index in [9.17, 15) is 15.5 Å². The Morgan fingerprint density at radius 3 is 2.47 bits per heavy atom. The Labute approximate surface area is 190 Å². The fourth-order valence-corrected chi connectivity index (χ4v) is 4.23. The number of aliphatic hydroxyl groups excluding tert-OH is 2. The molecule has 6 heteroatoms. The molecule has 1 heterocycles. The second-order valence-corrected chi connectivity index (χ2v) is 8.60. The van der Waals surface area contributed by atoms with E-state index >= 15 is 0 Å². The molecule has 3 atom stereocenters. The minimum atomic E-state index is -1.29. The number of aryl methyl sites for hydroxylation is 1. The van der Waals surface area contributed by atoms with E-state index in [0.717, 1.165) is 17.5 Å². The lowest BCUT2D eigenvalue weighted by molar-refractivity contribution is -0.299. The number of rotatable bonds is 8. The van der Waals surface area contributed by atoms with Crippen LogP contribution in [0.25, 0.3) is 0 Å². The highest BCUT2D eigenvalue weighted by Crippen LogP contribution is 2.44. The van der Waals surface area contributed by atoms with Crippen molar-refractivity contribution in [2.24, 2.45) is 0 Å². The van der Waals surface area contributed by atoms with Gasteiger partial charge in [-0.05, 0) is 55.5 Å². The van der Waals surface area contributed by atoms with Crippen LogP contribution in [0.2, 0.25) is 0 Å². The normalized spacial score (nSPS) is 23.2. The average molecular weight is 440 g/mol. The smallest absolute Gasteiger partial charge is 0.201 e. The van der Waals surface area contributed by atoms with Gasteiger partial charge in [0.05, 0.1) is 42.1 Å². The molecule has 2 aromatic carbocycles. The lowest BCUT2D eigenvalue weighted by Crippen LogP contribution is -2.47. The zero-order chi connectivity index (χ0) is 23.3. The van der Waals surface area contributed by atoms with E-state index < -0.39 is 18.0 Å². The number of ether oxygens (including phenoxy) is 3. The summed E-state index contributed by atoms with van der Waals surface area (Å²) in [6, 6.07) is 14.3. The summed E-state index contributed by atoms with van der Waals surface area (Å²) in [6.07, 6.45) is 0.661. The first-order valence-corrected chi connectivity index (χ1v) is 11.2. The van der Waals surface area contributed by atoms with Crippen molar-refractivity contribution >= 4 is 0 Å². The van der Waals surface area contributed by atoms with Crippen LogP contribution >= 0.6 is 0 Å². The summed E-state index contributed by atoms with van der Waals surface area (Å²) in [5.41, 5.74) is 4.30. The molecule has 6 nitrogen and oxygen atoms in total. The predicted molar refractivity (Wildman–Crippen MR) is 121 cm³/mol. The maximum atomic E-state index is 10.5. The first-order valence-electron chi connectivity index (χ1n) is 11.2. The van der Waals surface area contributed by atoms with Crippen LogP contribution < -0.4 is 4.74 Å². The van der Waals surface area contributed by atoms with Crippen LogP contribution in [0, 0.1) is 11.3 Å². The van der Waals surface area contributed by atoms with Crippen LogP contribution in [0.5, 0.6) is 5.75 Å². The largest absolute Gasteiger partial charge is 0.490 e. The maximum absolute atomic E-state index is 10.5. The molecular weight excluding hydrogens is 406 g/mol. The highest BCUT2D eigenvalue weighted by molar-refractivity contribution is 5.51. The molecular formula is C26H33NO5. The zero-order valence-corrected chi connectivity index (χ0v) is 19.3. The number of nitrogens with zero attached hydrogens (tertiary/aromatic N) is 1. The molecule has 3 unspecified atom stereocenters. The topological polar surface area (TPSA) is 91.9 Å². The molecule has 1 aliphatic rings. The van der Waals surface area contributed by atoms with Gasteiger partial charge < -0.3 is 24.4 Å². The van der Waals surface area contributed by atoms with Crippen LogP contribution in [0.1, 0.15) is 61.4 Å². The monoisotopic (exact) mass is 439 g/mol. The highest BCUT2D eigenvalue weighted by atomic mass is 16.7. The number of aliphatic hydroxyl groups is 2. The van der Waals surface area contributed by atoms with Gasteiger partial charge >= 0.3 is 0 Å². The van der Waals surface area contributed by atoms with Gasteiger partial charge in [-0.15, -0.1) is 0 Å². The molecule has 32 heavy (non-hydrogen) atoms. The maximum Gasteiger partial charge on any atom is 0.201 e. The van der Waals surface area contributed by atoms with Crippen molar-refractivity contribution in [2.45, 2.75) is 70.6 Å². The molecule has 1 saturated heterocycles. The summed E-state index contributed by atoms with van der Waals surface area (Å²) in [5, 5.41) is 30.0. The fraction of sp³-hybridized carbons (Fsp3) is 0.500. The van der Waals surface area contributed by atoms with Crippen LogP contribution in [0.15, 0.2) is 36.4 Å². The van der Waals surface area contributed by atoms with Crippen LogP contribution in [0.4, 0.5) is 0 Å². The van der Waals surface area contributed by atoms with Crippen molar-refractivity contribution in [2.75, 3.05) is 13.7 Å². The quantitative estimate of drug-likeness (QED) is 0.650. The molecule has 2 N–H and O–H groups in total. The molecule has 0 amide bonds. The van der Waals surface area contributed by atoms with E-state index in [1.807, 2.05) is 19.9 Å². The van der Waals surface area contributed by atoms with E-state index in [2.05, 4.69) is 37.3 Å². The highest BCUT2D eigenvalue weighted by Gasteiger charge is 2.45. The van der Waals surface area contributed by atoms with Gasteiger partial charge in [0.2, 0.25) is 5.79 Å².